The molecule has 1 saturated heterocycles. The van der Waals surface area contributed by atoms with Crippen molar-refractivity contribution in [1.29, 1.82) is 0 Å². The first-order valence-electron chi connectivity index (χ1n) is 19.0. The molecule has 2 aliphatic heterocycles. The Morgan fingerprint density at radius 3 is 2.33 bits per heavy atom. The normalized spacial score (nSPS) is 20.9. The molecule has 0 spiro atoms. The Morgan fingerprint density at radius 1 is 1.12 bits per heavy atom. The topological polar surface area (TPSA) is 56.8 Å². The van der Waals surface area contributed by atoms with Gasteiger partial charge in [0.05, 0.1) is 25.7 Å². The summed E-state index contributed by atoms with van der Waals surface area (Å²) in [4.78, 5) is 11.9. The molecule has 0 aromatic heterocycles. The zero-order valence-corrected chi connectivity index (χ0v) is 33.4. The first-order valence-corrected chi connectivity index (χ1v) is 19.0. The molecule has 4 rings (SSSR count). The van der Waals surface area contributed by atoms with Crippen LogP contribution in [-0.2, 0) is 25.4 Å². The van der Waals surface area contributed by atoms with Gasteiger partial charge in [0.15, 0.2) is 0 Å². The zero-order chi connectivity index (χ0) is 36.5. The van der Waals surface area contributed by atoms with Crippen molar-refractivity contribution >= 4 is 5.97 Å². The first-order chi connectivity index (χ1) is 22.9. The lowest BCUT2D eigenvalue weighted by atomic mass is 9.85. The van der Waals surface area contributed by atoms with Gasteiger partial charge >= 0.3 is 5.97 Å². The van der Waals surface area contributed by atoms with Gasteiger partial charge in [-0.05, 0) is 105 Å². The van der Waals surface area contributed by atoms with Crippen LogP contribution in [0.5, 0.6) is 0 Å². The molecule has 276 valence electrons. The Bertz CT molecular complexity index is 1090. The Morgan fingerprint density at radius 2 is 1.81 bits per heavy atom. The number of hydrogen-bond acceptors (Lipinski definition) is 5. The molecule has 2 fully saturated rings. The zero-order valence-electron chi connectivity index (χ0n) is 33.4. The monoisotopic (exact) mass is 670 g/mol. The molecule has 48 heavy (non-hydrogen) atoms. The molecule has 5 nitrogen and oxygen atoms in total. The SMILES string of the molecule is C=C1NCCC/C1=C/C=C(\C)CCCCOC.CC.CC1CCC(C)(C)C1.CCC.CCC(C(=O)OC)c1cccc2c1C(C)OCC2. The number of rotatable bonds is 9. The average molecular weight is 670 g/mol. The lowest BCUT2D eigenvalue weighted by Gasteiger charge is -2.28. The van der Waals surface area contributed by atoms with Gasteiger partial charge in [-0.25, -0.2) is 0 Å². The Balaban J connectivity index is 0.000000681. The number of esters is 1. The van der Waals surface area contributed by atoms with Crippen molar-refractivity contribution in [1.82, 2.24) is 5.32 Å². The van der Waals surface area contributed by atoms with E-state index in [2.05, 4.69) is 71.7 Å². The molecular weight excluding hydrogens is 594 g/mol. The first kappa shape index (κ1) is 45.6. The predicted octanol–water partition coefficient (Wildman–Crippen LogP) is 11.8. The number of allylic oxidation sites excluding steroid dienone is 4. The van der Waals surface area contributed by atoms with E-state index in [1.165, 1.54) is 67.9 Å². The quantitative estimate of drug-likeness (QED) is 0.209. The van der Waals surface area contributed by atoms with Gasteiger partial charge in [0.1, 0.15) is 0 Å². The second-order valence-electron chi connectivity index (χ2n) is 14.1. The van der Waals surface area contributed by atoms with Crippen molar-refractivity contribution < 1.29 is 19.0 Å². The number of unbranched alkanes of at least 4 members (excludes halogenated alkanes) is 1. The Hall–Kier alpha value is -2.37. The average Bonchev–Trinajstić information content (AvgIpc) is 3.40. The molecule has 1 saturated carbocycles. The van der Waals surface area contributed by atoms with Crippen molar-refractivity contribution in [3.63, 3.8) is 0 Å². The fraction of sp³-hybridized carbons (Fsp3) is 0.698. The molecule has 0 amide bonds. The smallest absolute Gasteiger partial charge is 0.313 e. The summed E-state index contributed by atoms with van der Waals surface area (Å²) in [6, 6.07) is 6.18. The third-order valence-corrected chi connectivity index (χ3v) is 8.95. The van der Waals surface area contributed by atoms with Gasteiger partial charge in [-0.2, -0.15) is 0 Å². The third-order valence-electron chi connectivity index (χ3n) is 8.95. The minimum Gasteiger partial charge on any atom is -0.469 e. The van der Waals surface area contributed by atoms with Crippen LogP contribution in [0.4, 0.5) is 0 Å². The lowest BCUT2D eigenvalue weighted by Crippen LogP contribution is -2.21. The maximum absolute atomic E-state index is 11.9. The van der Waals surface area contributed by atoms with E-state index in [0.29, 0.717) is 5.41 Å². The fourth-order valence-electron chi connectivity index (χ4n) is 6.46. The summed E-state index contributed by atoms with van der Waals surface area (Å²) >= 11 is 0. The molecule has 2 heterocycles. The van der Waals surface area contributed by atoms with E-state index < -0.39 is 0 Å². The summed E-state index contributed by atoms with van der Waals surface area (Å²) in [6.07, 6.45) is 17.6. The van der Waals surface area contributed by atoms with E-state index in [1.807, 2.05) is 39.8 Å². The van der Waals surface area contributed by atoms with Gasteiger partial charge < -0.3 is 19.5 Å². The minimum absolute atomic E-state index is 0.0589. The Kier molecular flexibility index (Phi) is 25.2. The number of carbonyl (C=O) groups excluding carboxylic acids is 1. The van der Waals surface area contributed by atoms with Crippen LogP contribution in [0.15, 0.2) is 53.8 Å². The van der Waals surface area contributed by atoms with Gasteiger partial charge in [0.2, 0.25) is 0 Å². The van der Waals surface area contributed by atoms with E-state index in [4.69, 9.17) is 14.2 Å². The van der Waals surface area contributed by atoms with Gasteiger partial charge in [0, 0.05) is 26.0 Å². The predicted molar refractivity (Wildman–Crippen MR) is 208 cm³/mol. The molecule has 1 aromatic carbocycles. The molecule has 3 aliphatic rings. The minimum atomic E-state index is -0.186. The number of piperidine rings is 1. The summed E-state index contributed by atoms with van der Waals surface area (Å²) in [5.41, 5.74) is 8.10. The highest BCUT2D eigenvalue weighted by molar-refractivity contribution is 5.78. The number of fused-ring (bicyclic) bond motifs is 1. The van der Waals surface area contributed by atoms with E-state index in [9.17, 15) is 4.79 Å². The third kappa shape index (κ3) is 17.9. The van der Waals surface area contributed by atoms with Crippen LogP contribution >= 0.6 is 0 Å². The summed E-state index contributed by atoms with van der Waals surface area (Å²) in [5.74, 6) is 0.641. The van der Waals surface area contributed by atoms with Crippen LogP contribution in [0.25, 0.3) is 0 Å². The van der Waals surface area contributed by atoms with Gasteiger partial charge in [-0.1, -0.05) is 111 Å². The van der Waals surface area contributed by atoms with Crippen molar-refractivity contribution in [2.24, 2.45) is 11.3 Å². The molecule has 1 N–H and O–H groups in total. The van der Waals surface area contributed by atoms with E-state index in [1.54, 1.807) is 7.11 Å². The second-order valence-corrected chi connectivity index (χ2v) is 14.1. The number of hydrogen-bond donors (Lipinski definition) is 1. The van der Waals surface area contributed by atoms with Gasteiger partial charge in [0.25, 0.3) is 0 Å². The number of nitrogens with one attached hydrogen (secondary N) is 1. The van der Waals surface area contributed by atoms with Crippen molar-refractivity contribution in [2.45, 2.75) is 152 Å². The fourth-order valence-corrected chi connectivity index (χ4v) is 6.46. The summed E-state index contributed by atoms with van der Waals surface area (Å²) in [7, 11) is 3.20. The molecule has 0 radical (unpaired) electrons. The molecular formula is C43H75NO4. The van der Waals surface area contributed by atoms with Crippen LogP contribution in [0.2, 0.25) is 0 Å². The van der Waals surface area contributed by atoms with E-state index in [0.717, 1.165) is 69.0 Å². The van der Waals surface area contributed by atoms with Crippen molar-refractivity contribution in [3.8, 4) is 0 Å². The van der Waals surface area contributed by atoms with Crippen LogP contribution in [-0.4, -0.2) is 39.9 Å². The molecule has 0 bridgehead atoms. The van der Waals surface area contributed by atoms with Gasteiger partial charge in [-0.15, -0.1) is 0 Å². The summed E-state index contributed by atoms with van der Waals surface area (Å²) in [6.45, 7) is 28.3. The highest BCUT2D eigenvalue weighted by Gasteiger charge is 2.28. The number of carbonyl (C=O) groups is 1. The number of benzene rings is 1. The number of methoxy groups -OCH3 is 2. The van der Waals surface area contributed by atoms with Gasteiger partial charge in [-0.3, -0.25) is 4.79 Å². The molecule has 5 heteroatoms. The lowest BCUT2D eigenvalue weighted by molar-refractivity contribution is -0.142. The molecule has 1 aromatic rings. The maximum Gasteiger partial charge on any atom is 0.313 e. The molecule has 1 aliphatic carbocycles. The van der Waals surface area contributed by atoms with Crippen molar-refractivity contribution in [3.05, 3.63) is 70.5 Å². The summed E-state index contributed by atoms with van der Waals surface area (Å²) < 4.78 is 15.6. The second kappa shape index (κ2) is 26.5. The molecule has 3 atom stereocenters. The van der Waals surface area contributed by atoms with Crippen LogP contribution < -0.4 is 5.32 Å². The largest absolute Gasteiger partial charge is 0.469 e. The summed E-state index contributed by atoms with van der Waals surface area (Å²) in [5, 5.41) is 3.31. The van der Waals surface area contributed by atoms with E-state index >= 15 is 0 Å². The Labute approximate surface area is 297 Å². The number of ether oxygens (including phenoxy) is 3. The highest BCUT2D eigenvalue weighted by Crippen LogP contribution is 2.40. The van der Waals surface area contributed by atoms with Crippen LogP contribution in [0, 0.1) is 11.3 Å². The standard InChI is InChI=1S/C15H25NO.C15H20O3.C8H16.C3H8.C2H6/c1-13(7-4-5-12-17-3)9-10-15-8-6-11-16-14(15)2;1-4-12(15(16)17-3)13-7-5-6-11-8-9-18-10(2)14(11)13;1-7-4-5-8(2,3)6-7;1-3-2;1-2/h9-10,16H,2,4-8,11-12H2,1,3H3;5-7,10,12H,4,8-9H2,1-3H3;7H,4-6H2,1-3H3;3H2,1-2H3;1-2H3/b13-9+,15-10-;;;;. The maximum atomic E-state index is 11.9. The van der Waals surface area contributed by atoms with Crippen molar-refractivity contribution in [2.75, 3.05) is 34.0 Å². The van der Waals surface area contributed by atoms with Crippen LogP contribution in [0.1, 0.15) is 162 Å². The van der Waals surface area contributed by atoms with E-state index in [-0.39, 0.29) is 18.0 Å². The van der Waals surface area contributed by atoms with Crippen LogP contribution in [0.3, 0.4) is 0 Å². The highest BCUT2D eigenvalue weighted by atomic mass is 16.5. The molecule has 3 unspecified atom stereocenters.